The Kier molecular flexibility index (Phi) is 5.34. The third kappa shape index (κ3) is 3.75. The number of likely N-dealkylation sites (tertiary alicyclic amines) is 1. The van der Waals surface area contributed by atoms with E-state index in [2.05, 4.69) is 32.4 Å². The van der Waals surface area contributed by atoms with Crippen LogP contribution in [0.2, 0.25) is 0 Å². The molecular formula is C21H26N6O. The van der Waals surface area contributed by atoms with Gasteiger partial charge in [0.1, 0.15) is 0 Å². The van der Waals surface area contributed by atoms with Gasteiger partial charge in [0.2, 0.25) is 0 Å². The van der Waals surface area contributed by atoms with E-state index in [1.54, 1.807) is 10.9 Å². The molecule has 0 unspecified atom stereocenters. The van der Waals surface area contributed by atoms with Crippen molar-refractivity contribution in [2.24, 2.45) is 5.92 Å². The smallest absolute Gasteiger partial charge is 0.273 e. The van der Waals surface area contributed by atoms with Crippen LogP contribution in [0.5, 0.6) is 0 Å². The molecule has 1 aliphatic rings. The van der Waals surface area contributed by atoms with E-state index in [9.17, 15) is 4.79 Å². The fourth-order valence-corrected chi connectivity index (χ4v) is 3.93. The van der Waals surface area contributed by atoms with Crippen molar-refractivity contribution >= 4 is 16.8 Å². The van der Waals surface area contributed by atoms with Gasteiger partial charge in [-0.2, -0.15) is 0 Å². The molecule has 7 heteroatoms. The zero-order valence-corrected chi connectivity index (χ0v) is 16.4. The molecule has 1 aromatic carbocycles. The van der Waals surface area contributed by atoms with Crippen LogP contribution in [0.4, 0.5) is 0 Å². The molecule has 0 spiro atoms. The van der Waals surface area contributed by atoms with Gasteiger partial charge in [0, 0.05) is 31.2 Å². The predicted molar refractivity (Wildman–Crippen MR) is 109 cm³/mol. The molecule has 1 N–H and O–H groups in total. The summed E-state index contributed by atoms with van der Waals surface area (Å²) in [6, 6.07) is 9.82. The number of carbonyl (C=O) groups is 1. The fourth-order valence-electron chi connectivity index (χ4n) is 3.93. The number of benzene rings is 1. The Morgan fingerprint density at radius 2 is 2.14 bits per heavy atom. The molecule has 1 amide bonds. The van der Waals surface area contributed by atoms with Gasteiger partial charge in [0.25, 0.3) is 5.91 Å². The lowest BCUT2D eigenvalue weighted by Crippen LogP contribution is -2.40. The van der Waals surface area contributed by atoms with E-state index in [1.165, 1.54) is 12.8 Å². The number of hydrogen-bond donors (Lipinski definition) is 1. The summed E-state index contributed by atoms with van der Waals surface area (Å²) in [5.41, 5.74) is 2.73. The van der Waals surface area contributed by atoms with Gasteiger partial charge in [-0.05, 0) is 44.4 Å². The van der Waals surface area contributed by atoms with E-state index in [1.807, 2.05) is 37.3 Å². The van der Waals surface area contributed by atoms with Crippen LogP contribution in [0.15, 0.2) is 36.5 Å². The second-order valence-electron chi connectivity index (χ2n) is 7.59. The molecule has 0 aliphatic carbocycles. The molecular weight excluding hydrogens is 352 g/mol. The molecule has 3 heterocycles. The molecule has 7 nitrogen and oxygen atoms in total. The maximum Gasteiger partial charge on any atom is 0.273 e. The highest BCUT2D eigenvalue weighted by atomic mass is 16.2. The summed E-state index contributed by atoms with van der Waals surface area (Å²) in [4.78, 5) is 19.5. The third-order valence-electron chi connectivity index (χ3n) is 5.40. The first-order valence-corrected chi connectivity index (χ1v) is 9.90. The molecule has 4 rings (SSSR count). The number of nitrogens with zero attached hydrogens (tertiary/aromatic N) is 5. The highest BCUT2D eigenvalue weighted by Gasteiger charge is 2.20. The zero-order valence-electron chi connectivity index (χ0n) is 16.4. The van der Waals surface area contributed by atoms with Crippen LogP contribution in [0.25, 0.3) is 16.6 Å². The van der Waals surface area contributed by atoms with Crippen LogP contribution in [0, 0.1) is 12.8 Å². The van der Waals surface area contributed by atoms with Gasteiger partial charge in [0.15, 0.2) is 5.69 Å². The maximum atomic E-state index is 12.6. The minimum absolute atomic E-state index is 0.179. The second-order valence-corrected chi connectivity index (χ2v) is 7.59. The van der Waals surface area contributed by atoms with Gasteiger partial charge in [-0.15, -0.1) is 5.10 Å². The van der Waals surface area contributed by atoms with Crippen molar-refractivity contribution in [3.8, 4) is 5.69 Å². The Morgan fingerprint density at radius 3 is 3.00 bits per heavy atom. The molecule has 0 saturated carbocycles. The Labute approximate surface area is 164 Å². The molecule has 2 aromatic heterocycles. The Hall–Kier alpha value is -2.80. The van der Waals surface area contributed by atoms with Crippen LogP contribution < -0.4 is 5.32 Å². The SMILES string of the molecule is Cc1c(C(=O)NCCN2CCC[C@H](C)C2)nnn1-c1cccc2cccnc12. The largest absolute Gasteiger partial charge is 0.349 e. The molecule has 0 bridgehead atoms. The average molecular weight is 378 g/mol. The predicted octanol–water partition coefficient (Wildman–Crippen LogP) is 2.59. The summed E-state index contributed by atoms with van der Waals surface area (Å²) in [7, 11) is 0. The van der Waals surface area contributed by atoms with E-state index in [4.69, 9.17) is 0 Å². The quantitative estimate of drug-likeness (QED) is 0.738. The lowest BCUT2D eigenvalue weighted by atomic mass is 10.0. The van der Waals surface area contributed by atoms with Gasteiger partial charge in [-0.1, -0.05) is 30.3 Å². The number of hydrogen-bond acceptors (Lipinski definition) is 5. The van der Waals surface area contributed by atoms with Crippen molar-refractivity contribution in [2.75, 3.05) is 26.2 Å². The molecule has 0 radical (unpaired) electrons. The maximum absolute atomic E-state index is 12.6. The Balaban J connectivity index is 1.46. The lowest BCUT2D eigenvalue weighted by molar-refractivity contribution is 0.0938. The summed E-state index contributed by atoms with van der Waals surface area (Å²) >= 11 is 0. The van der Waals surface area contributed by atoms with Gasteiger partial charge in [-0.25, -0.2) is 4.68 Å². The minimum atomic E-state index is -0.179. The third-order valence-corrected chi connectivity index (χ3v) is 5.40. The first-order valence-electron chi connectivity index (χ1n) is 9.90. The minimum Gasteiger partial charge on any atom is -0.349 e. The van der Waals surface area contributed by atoms with E-state index >= 15 is 0 Å². The second kappa shape index (κ2) is 8.06. The molecule has 1 saturated heterocycles. The summed E-state index contributed by atoms with van der Waals surface area (Å²) in [5.74, 6) is 0.558. The standard InChI is InChI=1S/C21H26N6O/c1-15-6-5-12-26(14-15)13-11-23-21(28)19-16(2)27(25-24-19)18-9-3-7-17-8-4-10-22-20(17)18/h3-4,7-10,15H,5-6,11-14H2,1-2H3,(H,23,28)/t15-/m0/s1. The number of para-hydroxylation sites is 1. The van der Waals surface area contributed by atoms with Crippen LogP contribution in [-0.4, -0.2) is 57.0 Å². The van der Waals surface area contributed by atoms with Gasteiger partial charge in [-0.3, -0.25) is 9.78 Å². The van der Waals surface area contributed by atoms with Crippen molar-refractivity contribution in [3.63, 3.8) is 0 Å². The first kappa shape index (κ1) is 18.6. The van der Waals surface area contributed by atoms with Crippen molar-refractivity contribution in [1.29, 1.82) is 0 Å². The van der Waals surface area contributed by atoms with E-state index in [0.29, 0.717) is 17.9 Å². The van der Waals surface area contributed by atoms with E-state index in [-0.39, 0.29) is 5.91 Å². The van der Waals surface area contributed by atoms with Crippen molar-refractivity contribution in [3.05, 3.63) is 47.9 Å². The lowest BCUT2D eigenvalue weighted by Gasteiger charge is -2.30. The van der Waals surface area contributed by atoms with Crippen molar-refractivity contribution in [1.82, 2.24) is 30.2 Å². The molecule has 28 heavy (non-hydrogen) atoms. The number of carbonyl (C=O) groups excluding carboxylic acids is 1. The van der Waals surface area contributed by atoms with E-state index < -0.39 is 0 Å². The number of piperidine rings is 1. The number of fused-ring (bicyclic) bond motifs is 1. The summed E-state index contributed by atoms with van der Waals surface area (Å²) in [6.45, 7) is 7.87. The summed E-state index contributed by atoms with van der Waals surface area (Å²) in [6.07, 6.45) is 4.29. The van der Waals surface area contributed by atoms with Crippen LogP contribution in [0.3, 0.4) is 0 Å². The average Bonchev–Trinajstić information content (AvgIpc) is 3.09. The number of rotatable bonds is 5. The van der Waals surface area contributed by atoms with Gasteiger partial charge in [0.05, 0.1) is 16.9 Å². The summed E-state index contributed by atoms with van der Waals surface area (Å²) in [5, 5.41) is 12.4. The van der Waals surface area contributed by atoms with Crippen LogP contribution >= 0.6 is 0 Å². The Bertz CT molecular complexity index is 977. The molecule has 1 fully saturated rings. The van der Waals surface area contributed by atoms with Gasteiger partial charge < -0.3 is 10.2 Å². The molecule has 146 valence electrons. The zero-order chi connectivity index (χ0) is 19.5. The van der Waals surface area contributed by atoms with E-state index in [0.717, 1.165) is 42.1 Å². The highest BCUT2D eigenvalue weighted by Crippen LogP contribution is 2.21. The highest BCUT2D eigenvalue weighted by molar-refractivity contribution is 5.93. The topological polar surface area (TPSA) is 75.9 Å². The van der Waals surface area contributed by atoms with Crippen molar-refractivity contribution < 1.29 is 4.79 Å². The van der Waals surface area contributed by atoms with Crippen LogP contribution in [0.1, 0.15) is 35.9 Å². The molecule has 1 atom stereocenters. The van der Waals surface area contributed by atoms with Crippen molar-refractivity contribution in [2.45, 2.75) is 26.7 Å². The number of nitrogens with one attached hydrogen (secondary N) is 1. The number of amides is 1. The normalized spacial score (nSPS) is 17.7. The van der Waals surface area contributed by atoms with Crippen LogP contribution in [-0.2, 0) is 0 Å². The fraction of sp³-hybridized carbons (Fsp3) is 0.429. The number of aromatic nitrogens is 4. The molecule has 3 aromatic rings. The molecule has 1 aliphatic heterocycles. The Morgan fingerprint density at radius 1 is 1.29 bits per heavy atom. The first-order chi connectivity index (χ1) is 13.6. The summed E-state index contributed by atoms with van der Waals surface area (Å²) < 4.78 is 1.69. The van der Waals surface area contributed by atoms with Gasteiger partial charge >= 0.3 is 0 Å². The monoisotopic (exact) mass is 378 g/mol. The number of pyridine rings is 1.